The van der Waals surface area contributed by atoms with Crippen molar-refractivity contribution >= 4 is 39.1 Å². The number of fused-ring (bicyclic) bond motifs is 1. The highest BCUT2D eigenvalue weighted by Crippen LogP contribution is 2.36. The molecule has 0 aliphatic carbocycles. The second kappa shape index (κ2) is 6.48. The van der Waals surface area contributed by atoms with E-state index in [2.05, 4.69) is 75.3 Å². The van der Waals surface area contributed by atoms with Crippen molar-refractivity contribution in [1.82, 2.24) is 9.97 Å². The fraction of sp³-hybridized carbons (Fsp3) is 0.200. The van der Waals surface area contributed by atoms with Crippen LogP contribution < -0.4 is 10.2 Å². The Kier molecular flexibility index (Phi) is 4.17. The molecular weight excluding hydrogens is 376 g/mol. The van der Waals surface area contributed by atoms with Crippen molar-refractivity contribution in [2.24, 2.45) is 0 Å². The Morgan fingerprint density at radius 1 is 1.16 bits per heavy atom. The van der Waals surface area contributed by atoms with E-state index in [0.29, 0.717) is 6.04 Å². The second-order valence-corrected chi connectivity index (χ2v) is 7.24. The second-order valence-electron chi connectivity index (χ2n) is 6.38. The summed E-state index contributed by atoms with van der Waals surface area (Å²) in [5.74, 6) is 1.53. The lowest BCUT2D eigenvalue weighted by Gasteiger charge is -2.23. The molecule has 0 amide bonds. The number of para-hydroxylation sites is 1. The predicted octanol–water partition coefficient (Wildman–Crippen LogP) is 5.37. The highest BCUT2D eigenvalue weighted by Gasteiger charge is 2.28. The van der Waals surface area contributed by atoms with Crippen LogP contribution in [0.2, 0.25) is 0 Å². The lowest BCUT2D eigenvalue weighted by Crippen LogP contribution is -2.25. The van der Waals surface area contributed by atoms with Gasteiger partial charge in [-0.1, -0.05) is 34.1 Å². The largest absolute Gasteiger partial charge is 0.340 e. The first-order chi connectivity index (χ1) is 12.1. The highest BCUT2D eigenvalue weighted by atomic mass is 79.9. The number of benzene rings is 2. The van der Waals surface area contributed by atoms with Gasteiger partial charge in [-0.15, -0.1) is 0 Å². The van der Waals surface area contributed by atoms with E-state index in [1.54, 1.807) is 0 Å². The van der Waals surface area contributed by atoms with Crippen LogP contribution in [0.15, 0.2) is 59.2 Å². The molecule has 126 valence electrons. The zero-order chi connectivity index (χ0) is 17.4. The van der Waals surface area contributed by atoms with Gasteiger partial charge in [0.05, 0.1) is 0 Å². The topological polar surface area (TPSA) is 41.1 Å². The van der Waals surface area contributed by atoms with Crippen molar-refractivity contribution in [3.8, 4) is 0 Å². The van der Waals surface area contributed by atoms with E-state index in [9.17, 15) is 0 Å². The molecule has 0 saturated heterocycles. The molecule has 1 unspecified atom stereocenters. The fourth-order valence-corrected chi connectivity index (χ4v) is 3.52. The van der Waals surface area contributed by atoms with Gasteiger partial charge in [-0.2, -0.15) is 4.98 Å². The zero-order valence-electron chi connectivity index (χ0n) is 14.2. The molecule has 4 rings (SSSR count). The number of halogens is 1. The van der Waals surface area contributed by atoms with E-state index < -0.39 is 0 Å². The molecule has 1 aliphatic rings. The van der Waals surface area contributed by atoms with Crippen molar-refractivity contribution in [2.75, 3.05) is 10.2 Å². The Morgan fingerprint density at radius 2 is 2.00 bits per heavy atom. The number of nitrogens with zero attached hydrogens (tertiary/aromatic N) is 3. The molecule has 1 N–H and O–H groups in total. The van der Waals surface area contributed by atoms with E-state index in [-0.39, 0.29) is 0 Å². The fourth-order valence-electron chi connectivity index (χ4n) is 3.27. The molecule has 5 heteroatoms. The molecule has 1 aromatic heterocycles. The van der Waals surface area contributed by atoms with Gasteiger partial charge in [0.2, 0.25) is 5.95 Å². The number of hydrogen-bond donors (Lipinski definition) is 1. The first-order valence-corrected chi connectivity index (χ1v) is 9.14. The SMILES string of the molecule is Cc1cc(Nc2ccnc(N3c4ccccc4CC3C)n2)ccc1Br. The summed E-state index contributed by atoms with van der Waals surface area (Å²) in [6.45, 7) is 4.28. The van der Waals surface area contributed by atoms with Gasteiger partial charge in [0, 0.05) is 28.1 Å². The van der Waals surface area contributed by atoms with Crippen LogP contribution >= 0.6 is 15.9 Å². The summed E-state index contributed by atoms with van der Waals surface area (Å²) < 4.78 is 1.10. The van der Waals surface area contributed by atoms with E-state index in [1.165, 1.54) is 16.8 Å². The van der Waals surface area contributed by atoms with E-state index in [0.717, 1.165) is 28.3 Å². The Balaban J connectivity index is 1.65. The van der Waals surface area contributed by atoms with Crippen molar-refractivity contribution in [3.63, 3.8) is 0 Å². The number of anilines is 4. The lowest BCUT2D eigenvalue weighted by molar-refractivity contribution is 0.740. The van der Waals surface area contributed by atoms with Crippen LogP contribution in [0.5, 0.6) is 0 Å². The van der Waals surface area contributed by atoms with E-state index >= 15 is 0 Å². The third-order valence-corrected chi connectivity index (χ3v) is 5.39. The molecule has 0 radical (unpaired) electrons. The maximum atomic E-state index is 4.74. The molecule has 0 fully saturated rings. The van der Waals surface area contributed by atoms with Gasteiger partial charge in [-0.05, 0) is 61.7 Å². The molecule has 4 nitrogen and oxygen atoms in total. The third-order valence-electron chi connectivity index (χ3n) is 4.50. The van der Waals surface area contributed by atoms with Crippen LogP contribution in [0.1, 0.15) is 18.1 Å². The summed E-state index contributed by atoms with van der Waals surface area (Å²) in [5, 5.41) is 3.38. The van der Waals surface area contributed by atoms with Gasteiger partial charge in [0.1, 0.15) is 5.82 Å². The van der Waals surface area contributed by atoms with Crippen molar-refractivity contribution < 1.29 is 0 Å². The summed E-state index contributed by atoms with van der Waals surface area (Å²) in [7, 11) is 0. The van der Waals surface area contributed by atoms with Gasteiger partial charge in [0.15, 0.2) is 0 Å². The molecule has 0 spiro atoms. The predicted molar refractivity (Wildman–Crippen MR) is 106 cm³/mol. The lowest BCUT2D eigenvalue weighted by atomic mass is 10.1. The van der Waals surface area contributed by atoms with Gasteiger partial charge in [-0.3, -0.25) is 0 Å². The monoisotopic (exact) mass is 394 g/mol. The molecule has 3 aromatic rings. The van der Waals surface area contributed by atoms with Crippen LogP contribution in [0.25, 0.3) is 0 Å². The zero-order valence-corrected chi connectivity index (χ0v) is 15.8. The average Bonchev–Trinajstić information content (AvgIpc) is 2.94. The van der Waals surface area contributed by atoms with Gasteiger partial charge < -0.3 is 10.2 Å². The minimum absolute atomic E-state index is 0.350. The van der Waals surface area contributed by atoms with Crippen molar-refractivity contribution in [2.45, 2.75) is 26.3 Å². The number of aromatic nitrogens is 2. The van der Waals surface area contributed by atoms with Crippen molar-refractivity contribution in [1.29, 1.82) is 0 Å². The molecular formula is C20H19BrN4. The first kappa shape index (κ1) is 16.1. The van der Waals surface area contributed by atoms with Crippen molar-refractivity contribution in [3.05, 3.63) is 70.3 Å². The van der Waals surface area contributed by atoms with Crippen LogP contribution in [-0.4, -0.2) is 16.0 Å². The Hall–Kier alpha value is -2.40. The number of aryl methyl sites for hydroxylation is 1. The Labute approximate surface area is 156 Å². The Bertz CT molecular complexity index is 925. The molecule has 1 aliphatic heterocycles. The molecule has 2 heterocycles. The summed E-state index contributed by atoms with van der Waals surface area (Å²) >= 11 is 3.53. The summed E-state index contributed by atoms with van der Waals surface area (Å²) in [4.78, 5) is 11.5. The standard InChI is InChI=1S/C20H19BrN4/c1-13-11-16(7-8-17(13)21)23-19-9-10-22-20(24-19)25-14(2)12-15-5-3-4-6-18(15)25/h3-11,14H,12H2,1-2H3,(H,22,23,24). The third kappa shape index (κ3) is 3.12. The minimum Gasteiger partial charge on any atom is -0.340 e. The highest BCUT2D eigenvalue weighted by molar-refractivity contribution is 9.10. The molecule has 0 saturated carbocycles. The number of hydrogen-bond acceptors (Lipinski definition) is 4. The number of rotatable bonds is 3. The Morgan fingerprint density at radius 3 is 2.84 bits per heavy atom. The molecule has 0 bridgehead atoms. The van der Waals surface area contributed by atoms with Gasteiger partial charge in [0.25, 0.3) is 0 Å². The minimum atomic E-state index is 0.350. The smallest absolute Gasteiger partial charge is 0.232 e. The average molecular weight is 395 g/mol. The molecule has 25 heavy (non-hydrogen) atoms. The summed E-state index contributed by atoms with van der Waals surface area (Å²) in [6.07, 6.45) is 2.83. The summed E-state index contributed by atoms with van der Waals surface area (Å²) in [5.41, 5.74) is 4.74. The van der Waals surface area contributed by atoms with Crippen LogP contribution in [0.4, 0.5) is 23.1 Å². The molecule has 2 aromatic carbocycles. The van der Waals surface area contributed by atoms with Crippen LogP contribution in [0, 0.1) is 6.92 Å². The first-order valence-electron chi connectivity index (χ1n) is 8.35. The maximum absolute atomic E-state index is 4.74. The quantitative estimate of drug-likeness (QED) is 0.647. The summed E-state index contributed by atoms with van der Waals surface area (Å²) in [6, 6.07) is 16.9. The van der Waals surface area contributed by atoms with Crippen LogP contribution in [0.3, 0.4) is 0 Å². The van der Waals surface area contributed by atoms with E-state index in [4.69, 9.17) is 4.98 Å². The van der Waals surface area contributed by atoms with Gasteiger partial charge in [-0.25, -0.2) is 4.98 Å². The van der Waals surface area contributed by atoms with Crippen LogP contribution in [-0.2, 0) is 6.42 Å². The molecule has 1 atom stereocenters. The maximum Gasteiger partial charge on any atom is 0.232 e. The van der Waals surface area contributed by atoms with Gasteiger partial charge >= 0.3 is 0 Å². The number of nitrogens with one attached hydrogen (secondary N) is 1. The van der Waals surface area contributed by atoms with E-state index in [1.807, 2.05) is 24.4 Å². The normalized spacial score (nSPS) is 16.0.